The average Bonchev–Trinajstić information content (AvgIpc) is 2.39. The molecule has 0 aliphatic carbocycles. The Balaban J connectivity index is 2.29. The molecule has 4 nitrogen and oxygen atoms in total. The Morgan fingerprint density at radius 2 is 2.33 bits per heavy atom. The van der Waals surface area contributed by atoms with Crippen LogP contribution in [-0.2, 0) is 4.79 Å². The van der Waals surface area contributed by atoms with Crippen molar-refractivity contribution in [1.29, 1.82) is 0 Å². The van der Waals surface area contributed by atoms with Crippen LogP contribution in [0.2, 0.25) is 0 Å². The molecule has 1 saturated heterocycles. The third kappa shape index (κ3) is 5.36. The number of hydrogen-bond acceptors (Lipinski definition) is 3. The van der Waals surface area contributed by atoms with E-state index in [1.165, 1.54) is 12.8 Å². The molecular weight excluding hydrogens is 228 g/mol. The van der Waals surface area contributed by atoms with Gasteiger partial charge in [0.25, 0.3) is 0 Å². The molecule has 0 spiro atoms. The number of carbonyl (C=O) groups is 1. The van der Waals surface area contributed by atoms with Crippen molar-refractivity contribution in [3.8, 4) is 0 Å². The van der Waals surface area contributed by atoms with E-state index in [1.54, 1.807) is 0 Å². The molecule has 18 heavy (non-hydrogen) atoms. The van der Waals surface area contributed by atoms with Crippen LogP contribution in [0.25, 0.3) is 0 Å². The standard InChI is InChI=1S/C14H28N2O2/c1-3-13(6-8-17)16-14(18)9-11(2)12-5-4-7-15-10-12/h11-13,15,17H,3-10H2,1-2H3,(H,16,18). The van der Waals surface area contributed by atoms with Gasteiger partial charge in [-0.05, 0) is 50.6 Å². The Morgan fingerprint density at radius 1 is 1.56 bits per heavy atom. The van der Waals surface area contributed by atoms with Crippen molar-refractivity contribution in [2.45, 2.75) is 52.0 Å². The molecule has 1 amide bonds. The summed E-state index contributed by atoms with van der Waals surface area (Å²) in [7, 11) is 0. The largest absolute Gasteiger partial charge is 0.396 e. The molecule has 0 bridgehead atoms. The summed E-state index contributed by atoms with van der Waals surface area (Å²) in [5, 5.41) is 15.3. The first-order valence-electron chi connectivity index (χ1n) is 7.28. The second kappa shape index (κ2) is 8.48. The Kier molecular flexibility index (Phi) is 7.28. The zero-order valence-corrected chi connectivity index (χ0v) is 11.7. The molecule has 1 aliphatic rings. The van der Waals surface area contributed by atoms with Gasteiger partial charge in [0.15, 0.2) is 0 Å². The number of amides is 1. The highest BCUT2D eigenvalue weighted by Gasteiger charge is 2.22. The summed E-state index contributed by atoms with van der Waals surface area (Å²) in [5.41, 5.74) is 0. The second-order valence-electron chi connectivity index (χ2n) is 5.47. The summed E-state index contributed by atoms with van der Waals surface area (Å²) in [6, 6.07) is 0.124. The average molecular weight is 256 g/mol. The first kappa shape index (κ1) is 15.4. The summed E-state index contributed by atoms with van der Waals surface area (Å²) in [4.78, 5) is 11.9. The smallest absolute Gasteiger partial charge is 0.220 e. The highest BCUT2D eigenvalue weighted by atomic mass is 16.3. The zero-order chi connectivity index (χ0) is 13.4. The van der Waals surface area contributed by atoms with Gasteiger partial charge in [-0.2, -0.15) is 0 Å². The minimum absolute atomic E-state index is 0.124. The van der Waals surface area contributed by atoms with Crippen LogP contribution >= 0.6 is 0 Å². The number of aliphatic hydroxyl groups excluding tert-OH is 1. The Bertz CT molecular complexity index is 240. The van der Waals surface area contributed by atoms with E-state index in [1.807, 2.05) is 6.92 Å². The normalized spacial score (nSPS) is 23.4. The Hall–Kier alpha value is -0.610. The van der Waals surface area contributed by atoms with Crippen molar-refractivity contribution < 1.29 is 9.90 Å². The van der Waals surface area contributed by atoms with Crippen LogP contribution in [0.5, 0.6) is 0 Å². The van der Waals surface area contributed by atoms with Gasteiger partial charge in [-0.25, -0.2) is 0 Å². The van der Waals surface area contributed by atoms with Gasteiger partial charge >= 0.3 is 0 Å². The summed E-state index contributed by atoms with van der Waals surface area (Å²) in [6.45, 7) is 6.51. The molecule has 106 valence electrons. The van der Waals surface area contributed by atoms with Crippen molar-refractivity contribution in [2.24, 2.45) is 11.8 Å². The maximum Gasteiger partial charge on any atom is 0.220 e. The fraction of sp³-hybridized carbons (Fsp3) is 0.929. The summed E-state index contributed by atoms with van der Waals surface area (Å²) in [6.07, 6.45) is 4.59. The third-order valence-electron chi connectivity index (χ3n) is 3.98. The molecule has 1 rings (SSSR count). The minimum atomic E-state index is 0.124. The van der Waals surface area contributed by atoms with Crippen LogP contribution in [0.15, 0.2) is 0 Å². The van der Waals surface area contributed by atoms with Gasteiger partial charge in [0.05, 0.1) is 0 Å². The van der Waals surface area contributed by atoms with E-state index in [0.717, 1.165) is 19.5 Å². The van der Waals surface area contributed by atoms with Crippen LogP contribution in [-0.4, -0.2) is 36.8 Å². The SMILES string of the molecule is CCC(CCO)NC(=O)CC(C)C1CCCNC1. The highest BCUT2D eigenvalue weighted by Crippen LogP contribution is 2.22. The maximum atomic E-state index is 11.9. The topological polar surface area (TPSA) is 61.4 Å². The molecule has 0 aromatic carbocycles. The van der Waals surface area contributed by atoms with E-state index in [0.29, 0.717) is 24.7 Å². The lowest BCUT2D eigenvalue weighted by Crippen LogP contribution is -2.38. The number of carbonyl (C=O) groups excluding carboxylic acids is 1. The van der Waals surface area contributed by atoms with Crippen LogP contribution in [0.1, 0.15) is 46.0 Å². The maximum absolute atomic E-state index is 11.9. The molecule has 3 atom stereocenters. The lowest BCUT2D eigenvalue weighted by atomic mass is 9.85. The lowest BCUT2D eigenvalue weighted by Gasteiger charge is -2.28. The van der Waals surface area contributed by atoms with E-state index in [4.69, 9.17) is 5.11 Å². The predicted octanol–water partition coefficient (Wildman–Crippen LogP) is 1.29. The Morgan fingerprint density at radius 3 is 2.89 bits per heavy atom. The molecule has 0 aromatic rings. The number of hydrogen-bond donors (Lipinski definition) is 3. The van der Waals surface area contributed by atoms with Crippen LogP contribution in [0.4, 0.5) is 0 Å². The van der Waals surface area contributed by atoms with Crippen molar-refractivity contribution in [1.82, 2.24) is 10.6 Å². The Labute approximate surface area is 111 Å². The number of aliphatic hydroxyl groups is 1. The van der Waals surface area contributed by atoms with Crippen molar-refractivity contribution in [3.63, 3.8) is 0 Å². The molecule has 0 aromatic heterocycles. The number of rotatable bonds is 7. The van der Waals surface area contributed by atoms with Gasteiger partial charge in [-0.15, -0.1) is 0 Å². The molecule has 1 aliphatic heterocycles. The number of nitrogens with one attached hydrogen (secondary N) is 2. The summed E-state index contributed by atoms with van der Waals surface area (Å²) in [5.74, 6) is 1.19. The third-order valence-corrected chi connectivity index (χ3v) is 3.98. The zero-order valence-electron chi connectivity index (χ0n) is 11.7. The predicted molar refractivity (Wildman–Crippen MR) is 73.3 cm³/mol. The molecule has 3 N–H and O–H groups in total. The van der Waals surface area contributed by atoms with Gasteiger partial charge in [0.2, 0.25) is 5.91 Å². The van der Waals surface area contributed by atoms with Crippen LogP contribution in [0.3, 0.4) is 0 Å². The van der Waals surface area contributed by atoms with Crippen molar-refractivity contribution in [3.05, 3.63) is 0 Å². The van der Waals surface area contributed by atoms with E-state index < -0.39 is 0 Å². The molecule has 1 heterocycles. The van der Waals surface area contributed by atoms with E-state index in [2.05, 4.69) is 17.6 Å². The van der Waals surface area contributed by atoms with Crippen LogP contribution < -0.4 is 10.6 Å². The monoisotopic (exact) mass is 256 g/mol. The fourth-order valence-corrected chi connectivity index (χ4v) is 2.64. The summed E-state index contributed by atoms with van der Waals surface area (Å²) >= 11 is 0. The minimum Gasteiger partial charge on any atom is -0.396 e. The van der Waals surface area contributed by atoms with E-state index >= 15 is 0 Å². The molecular formula is C14H28N2O2. The second-order valence-corrected chi connectivity index (χ2v) is 5.47. The molecule has 1 fully saturated rings. The lowest BCUT2D eigenvalue weighted by molar-refractivity contribution is -0.123. The molecule has 4 heteroatoms. The molecule has 0 radical (unpaired) electrons. The molecule has 3 unspecified atom stereocenters. The first-order chi connectivity index (χ1) is 8.67. The van der Waals surface area contributed by atoms with E-state index in [9.17, 15) is 4.79 Å². The van der Waals surface area contributed by atoms with Crippen molar-refractivity contribution in [2.75, 3.05) is 19.7 Å². The van der Waals surface area contributed by atoms with Gasteiger partial charge < -0.3 is 15.7 Å². The van der Waals surface area contributed by atoms with Gasteiger partial charge in [-0.1, -0.05) is 13.8 Å². The van der Waals surface area contributed by atoms with Crippen molar-refractivity contribution >= 4 is 5.91 Å². The van der Waals surface area contributed by atoms with E-state index in [-0.39, 0.29) is 18.6 Å². The molecule has 0 saturated carbocycles. The van der Waals surface area contributed by atoms with Gasteiger partial charge in [0, 0.05) is 19.1 Å². The quantitative estimate of drug-likeness (QED) is 0.643. The van der Waals surface area contributed by atoms with Gasteiger partial charge in [0.1, 0.15) is 0 Å². The summed E-state index contributed by atoms with van der Waals surface area (Å²) < 4.78 is 0. The highest BCUT2D eigenvalue weighted by molar-refractivity contribution is 5.76. The van der Waals surface area contributed by atoms with Crippen LogP contribution in [0, 0.1) is 11.8 Å². The fourth-order valence-electron chi connectivity index (χ4n) is 2.64. The number of piperidine rings is 1. The van der Waals surface area contributed by atoms with Gasteiger partial charge in [-0.3, -0.25) is 4.79 Å². The first-order valence-corrected chi connectivity index (χ1v) is 7.28.